The normalized spacial score (nSPS) is 14.2. The molecule has 0 unspecified atom stereocenters. The number of rotatable bonds is 8. The first-order valence-electron chi connectivity index (χ1n) is 9.31. The number of nitrogens with zero attached hydrogens (tertiary/aromatic N) is 2. The van der Waals surface area contributed by atoms with Crippen molar-refractivity contribution < 1.29 is 23.4 Å². The number of morpholine rings is 1. The number of carbonyl (C=O) groups excluding carboxylic acids is 1. The molecule has 1 fully saturated rings. The van der Waals surface area contributed by atoms with Gasteiger partial charge in [-0.15, -0.1) is 12.4 Å². The molecule has 2 aromatic carbocycles. The molecule has 0 atom stereocenters. The summed E-state index contributed by atoms with van der Waals surface area (Å²) in [6.07, 6.45) is 1.55. The predicted molar refractivity (Wildman–Crippen MR) is 114 cm³/mol. The van der Waals surface area contributed by atoms with Crippen LogP contribution in [0.4, 0.5) is 4.39 Å². The Hall–Kier alpha value is -2.68. The van der Waals surface area contributed by atoms with Crippen molar-refractivity contribution in [3.63, 3.8) is 0 Å². The van der Waals surface area contributed by atoms with Gasteiger partial charge in [-0.05, 0) is 41.5 Å². The summed E-state index contributed by atoms with van der Waals surface area (Å²) in [6.45, 7) is 3.36. The van der Waals surface area contributed by atoms with Crippen LogP contribution in [-0.4, -0.2) is 57.0 Å². The summed E-state index contributed by atoms with van der Waals surface area (Å²) in [4.78, 5) is 14.0. The van der Waals surface area contributed by atoms with Gasteiger partial charge < -0.3 is 14.2 Å². The van der Waals surface area contributed by atoms with Crippen molar-refractivity contribution in [2.45, 2.75) is 6.61 Å². The fraction of sp³-hybridized carbons (Fsp3) is 0.333. The van der Waals surface area contributed by atoms with Crippen LogP contribution in [0.15, 0.2) is 47.6 Å². The quantitative estimate of drug-likeness (QED) is 0.507. The van der Waals surface area contributed by atoms with E-state index in [0.29, 0.717) is 37.9 Å². The van der Waals surface area contributed by atoms with Gasteiger partial charge in [0.05, 0.1) is 33.1 Å². The highest BCUT2D eigenvalue weighted by Gasteiger charge is 2.13. The summed E-state index contributed by atoms with van der Waals surface area (Å²) in [5, 5.41) is 4.00. The van der Waals surface area contributed by atoms with E-state index >= 15 is 0 Å². The van der Waals surface area contributed by atoms with Crippen molar-refractivity contribution in [2.75, 3.05) is 40.0 Å². The van der Waals surface area contributed by atoms with Gasteiger partial charge in [-0.1, -0.05) is 12.1 Å². The molecule has 0 aromatic heterocycles. The van der Waals surface area contributed by atoms with Crippen molar-refractivity contribution in [3.8, 4) is 11.5 Å². The van der Waals surface area contributed by atoms with Gasteiger partial charge in [0, 0.05) is 13.1 Å². The second-order valence-corrected chi connectivity index (χ2v) is 6.51. The number of hydrazone groups is 1. The molecule has 9 heteroatoms. The number of halogens is 2. The summed E-state index contributed by atoms with van der Waals surface area (Å²) < 4.78 is 29.4. The Balaban J connectivity index is 0.00000320. The van der Waals surface area contributed by atoms with E-state index < -0.39 is 0 Å². The number of amides is 1. The van der Waals surface area contributed by atoms with Crippen molar-refractivity contribution in [1.29, 1.82) is 0 Å². The molecule has 2 aromatic rings. The van der Waals surface area contributed by atoms with E-state index in [1.54, 1.807) is 43.7 Å². The Morgan fingerprint density at radius 2 is 1.93 bits per heavy atom. The van der Waals surface area contributed by atoms with E-state index in [0.717, 1.165) is 24.2 Å². The Morgan fingerprint density at radius 1 is 1.20 bits per heavy atom. The lowest BCUT2D eigenvalue weighted by Crippen LogP contribution is -2.42. The Kier molecular flexibility index (Phi) is 9.53. The van der Waals surface area contributed by atoms with E-state index in [1.807, 2.05) is 4.90 Å². The van der Waals surface area contributed by atoms with E-state index in [4.69, 9.17) is 14.2 Å². The fourth-order valence-electron chi connectivity index (χ4n) is 2.80. The maximum absolute atomic E-state index is 13.0. The number of carbonyl (C=O) groups is 1. The zero-order chi connectivity index (χ0) is 20.5. The Labute approximate surface area is 181 Å². The van der Waals surface area contributed by atoms with E-state index in [-0.39, 0.29) is 24.1 Å². The van der Waals surface area contributed by atoms with Gasteiger partial charge in [-0.3, -0.25) is 9.69 Å². The van der Waals surface area contributed by atoms with Gasteiger partial charge in [0.2, 0.25) is 0 Å². The van der Waals surface area contributed by atoms with Crippen molar-refractivity contribution in [2.24, 2.45) is 5.10 Å². The van der Waals surface area contributed by atoms with Gasteiger partial charge in [0.1, 0.15) is 12.4 Å². The fourth-order valence-corrected chi connectivity index (χ4v) is 2.80. The highest BCUT2D eigenvalue weighted by molar-refractivity contribution is 5.85. The molecule has 1 saturated heterocycles. The van der Waals surface area contributed by atoms with Crippen LogP contribution in [0.2, 0.25) is 0 Å². The van der Waals surface area contributed by atoms with Gasteiger partial charge in [0.15, 0.2) is 11.5 Å². The number of ether oxygens (including phenoxy) is 3. The molecule has 0 bridgehead atoms. The standard InChI is InChI=1S/C21H24FN3O4.ClH/c1-27-20-12-17(13-23-24-21(26)14-25-8-10-28-11-9-25)4-7-19(20)29-15-16-2-5-18(22)6-3-16;/h2-7,12-13H,8-11,14-15H2,1H3,(H,24,26);1H. The average Bonchev–Trinajstić information content (AvgIpc) is 2.74. The summed E-state index contributed by atoms with van der Waals surface area (Å²) >= 11 is 0. The molecule has 0 radical (unpaired) electrons. The minimum absolute atomic E-state index is 0. The van der Waals surface area contributed by atoms with Crippen LogP contribution in [0.1, 0.15) is 11.1 Å². The van der Waals surface area contributed by atoms with Gasteiger partial charge >= 0.3 is 0 Å². The highest BCUT2D eigenvalue weighted by Crippen LogP contribution is 2.28. The number of hydrogen-bond acceptors (Lipinski definition) is 6. The van der Waals surface area contributed by atoms with Crippen LogP contribution >= 0.6 is 12.4 Å². The molecule has 1 amide bonds. The number of hydrogen-bond donors (Lipinski definition) is 1. The first-order valence-corrected chi connectivity index (χ1v) is 9.31. The average molecular weight is 438 g/mol. The van der Waals surface area contributed by atoms with Crippen LogP contribution in [0, 0.1) is 5.82 Å². The largest absolute Gasteiger partial charge is 0.493 e. The molecule has 30 heavy (non-hydrogen) atoms. The van der Waals surface area contributed by atoms with Crippen molar-refractivity contribution in [3.05, 3.63) is 59.4 Å². The Morgan fingerprint density at radius 3 is 2.63 bits per heavy atom. The number of methoxy groups -OCH3 is 1. The first kappa shape index (κ1) is 23.6. The van der Waals surface area contributed by atoms with Crippen LogP contribution in [0.3, 0.4) is 0 Å². The summed E-state index contributed by atoms with van der Waals surface area (Å²) in [5.41, 5.74) is 4.13. The van der Waals surface area contributed by atoms with Gasteiger partial charge in [-0.2, -0.15) is 5.10 Å². The van der Waals surface area contributed by atoms with Gasteiger partial charge in [-0.25, -0.2) is 9.82 Å². The van der Waals surface area contributed by atoms with Crippen LogP contribution in [-0.2, 0) is 16.1 Å². The molecule has 0 saturated carbocycles. The summed E-state index contributed by atoms with van der Waals surface area (Å²) in [7, 11) is 1.55. The van der Waals surface area contributed by atoms with E-state index in [2.05, 4.69) is 10.5 Å². The molecule has 162 valence electrons. The topological polar surface area (TPSA) is 72.4 Å². The molecule has 3 rings (SSSR count). The molecular weight excluding hydrogens is 413 g/mol. The third kappa shape index (κ3) is 7.29. The van der Waals surface area contributed by atoms with Gasteiger partial charge in [0.25, 0.3) is 5.91 Å². The van der Waals surface area contributed by atoms with Crippen LogP contribution < -0.4 is 14.9 Å². The molecule has 0 spiro atoms. The molecule has 1 N–H and O–H groups in total. The summed E-state index contributed by atoms with van der Waals surface area (Å²) in [5.74, 6) is 0.641. The van der Waals surface area contributed by atoms with Crippen LogP contribution in [0.25, 0.3) is 0 Å². The lowest BCUT2D eigenvalue weighted by molar-refractivity contribution is -0.123. The number of nitrogens with one attached hydrogen (secondary N) is 1. The predicted octanol–water partition coefficient (Wildman–Crippen LogP) is 2.62. The molecule has 1 aliphatic heterocycles. The minimum Gasteiger partial charge on any atom is -0.493 e. The highest BCUT2D eigenvalue weighted by atomic mass is 35.5. The lowest BCUT2D eigenvalue weighted by Gasteiger charge is -2.25. The first-order chi connectivity index (χ1) is 14.1. The smallest absolute Gasteiger partial charge is 0.254 e. The van der Waals surface area contributed by atoms with Crippen molar-refractivity contribution in [1.82, 2.24) is 10.3 Å². The third-order valence-corrected chi connectivity index (χ3v) is 4.37. The monoisotopic (exact) mass is 437 g/mol. The second kappa shape index (κ2) is 12.1. The van der Waals surface area contributed by atoms with E-state index in [9.17, 15) is 9.18 Å². The van der Waals surface area contributed by atoms with E-state index in [1.165, 1.54) is 12.1 Å². The minimum atomic E-state index is -0.285. The summed E-state index contributed by atoms with van der Waals surface area (Å²) in [6, 6.07) is 11.5. The Bertz CT molecular complexity index is 843. The lowest BCUT2D eigenvalue weighted by atomic mass is 10.2. The zero-order valence-corrected chi connectivity index (χ0v) is 17.5. The van der Waals surface area contributed by atoms with Crippen molar-refractivity contribution >= 4 is 24.5 Å². The third-order valence-electron chi connectivity index (χ3n) is 4.37. The number of benzene rings is 2. The molecular formula is C21H25ClFN3O4. The van der Waals surface area contributed by atoms with Crippen LogP contribution in [0.5, 0.6) is 11.5 Å². The maximum Gasteiger partial charge on any atom is 0.254 e. The molecule has 1 aliphatic rings. The zero-order valence-electron chi connectivity index (χ0n) is 16.7. The SMILES string of the molecule is COc1cc(C=NNC(=O)CN2CCOCC2)ccc1OCc1ccc(F)cc1.Cl. The second-order valence-electron chi connectivity index (χ2n) is 6.51. The molecule has 0 aliphatic carbocycles. The molecule has 1 heterocycles. The maximum atomic E-state index is 13.0. The molecule has 7 nitrogen and oxygen atoms in total.